The quantitative estimate of drug-likeness (QED) is 0.605. The van der Waals surface area contributed by atoms with Gasteiger partial charge >= 0.3 is 0 Å². The van der Waals surface area contributed by atoms with Gasteiger partial charge in [-0.25, -0.2) is 4.99 Å². The molecule has 0 saturated heterocycles. The van der Waals surface area contributed by atoms with Crippen molar-refractivity contribution in [3.05, 3.63) is 59.7 Å². The molecule has 0 fully saturated rings. The standard InChI is InChI=1S/C19H25N3O2/c1-14-8-10-17(11-9-14)24-18-7-5-4-6-16(18)12-21-19(20)22-15(2)13-23-3/h4-11,15H,12-13H2,1-3H3,(H3,20,21,22). The lowest BCUT2D eigenvalue weighted by molar-refractivity contribution is 0.179. The monoisotopic (exact) mass is 327 g/mol. The van der Waals surface area contributed by atoms with Gasteiger partial charge in [-0.2, -0.15) is 0 Å². The Balaban J connectivity index is 2.04. The highest BCUT2D eigenvalue weighted by molar-refractivity contribution is 5.78. The number of aliphatic imine (C=N–C) groups is 1. The number of nitrogens with two attached hydrogens (primary N) is 1. The maximum Gasteiger partial charge on any atom is 0.189 e. The van der Waals surface area contributed by atoms with Crippen LogP contribution in [0.3, 0.4) is 0 Å². The van der Waals surface area contributed by atoms with Crippen molar-refractivity contribution >= 4 is 5.96 Å². The number of aryl methyl sites for hydroxylation is 1. The Hall–Kier alpha value is -2.53. The fourth-order valence-electron chi connectivity index (χ4n) is 2.23. The minimum Gasteiger partial charge on any atom is -0.457 e. The third-order valence-electron chi connectivity index (χ3n) is 3.45. The average Bonchev–Trinajstić information content (AvgIpc) is 2.56. The first-order chi connectivity index (χ1) is 11.6. The maximum absolute atomic E-state index is 5.97. The van der Waals surface area contributed by atoms with Crippen molar-refractivity contribution in [3.8, 4) is 11.5 Å². The number of para-hydroxylation sites is 1. The van der Waals surface area contributed by atoms with E-state index in [0.29, 0.717) is 19.1 Å². The van der Waals surface area contributed by atoms with Crippen molar-refractivity contribution < 1.29 is 9.47 Å². The lowest BCUT2D eigenvalue weighted by atomic mass is 10.2. The van der Waals surface area contributed by atoms with Crippen molar-refractivity contribution in [1.82, 2.24) is 5.32 Å². The second-order valence-electron chi connectivity index (χ2n) is 5.73. The summed E-state index contributed by atoms with van der Waals surface area (Å²) in [7, 11) is 1.66. The molecule has 0 saturated carbocycles. The summed E-state index contributed by atoms with van der Waals surface area (Å²) in [4.78, 5) is 4.38. The summed E-state index contributed by atoms with van der Waals surface area (Å²) >= 11 is 0. The van der Waals surface area contributed by atoms with Crippen LogP contribution in [0.1, 0.15) is 18.1 Å². The topological polar surface area (TPSA) is 68.9 Å². The SMILES string of the molecule is COCC(C)NC(N)=NCc1ccccc1Oc1ccc(C)cc1. The van der Waals surface area contributed by atoms with Crippen LogP contribution in [-0.4, -0.2) is 25.7 Å². The van der Waals surface area contributed by atoms with E-state index in [9.17, 15) is 0 Å². The van der Waals surface area contributed by atoms with E-state index < -0.39 is 0 Å². The molecule has 0 heterocycles. The van der Waals surface area contributed by atoms with Crippen molar-refractivity contribution in [3.63, 3.8) is 0 Å². The molecule has 5 heteroatoms. The third-order valence-corrected chi connectivity index (χ3v) is 3.45. The predicted octanol–water partition coefficient (Wildman–Crippen LogP) is 3.23. The van der Waals surface area contributed by atoms with Crippen molar-refractivity contribution in [1.29, 1.82) is 0 Å². The number of rotatable bonds is 7. The lowest BCUT2D eigenvalue weighted by Gasteiger charge is -2.14. The number of benzene rings is 2. The van der Waals surface area contributed by atoms with Crippen molar-refractivity contribution in [2.45, 2.75) is 26.4 Å². The minimum atomic E-state index is 0.109. The zero-order valence-corrected chi connectivity index (χ0v) is 14.5. The number of methoxy groups -OCH3 is 1. The molecule has 3 N–H and O–H groups in total. The Kier molecular flexibility index (Phi) is 6.63. The normalized spacial score (nSPS) is 12.7. The Bertz CT molecular complexity index is 669. The Morgan fingerprint density at radius 3 is 2.58 bits per heavy atom. The third kappa shape index (κ3) is 5.59. The predicted molar refractivity (Wildman–Crippen MR) is 97.5 cm³/mol. The van der Waals surface area contributed by atoms with Gasteiger partial charge in [0.1, 0.15) is 11.5 Å². The molecule has 0 aliphatic carbocycles. The van der Waals surface area contributed by atoms with E-state index in [1.807, 2.05) is 62.4 Å². The molecule has 2 aromatic rings. The molecular formula is C19H25N3O2. The second-order valence-corrected chi connectivity index (χ2v) is 5.73. The second kappa shape index (κ2) is 8.93. The van der Waals surface area contributed by atoms with Crippen LogP contribution in [0.25, 0.3) is 0 Å². The fraction of sp³-hybridized carbons (Fsp3) is 0.316. The molecule has 128 valence electrons. The lowest BCUT2D eigenvalue weighted by Crippen LogP contribution is -2.40. The molecule has 0 bridgehead atoms. The molecule has 0 aromatic heterocycles. The van der Waals surface area contributed by atoms with Gasteiger partial charge in [-0.05, 0) is 32.0 Å². The first-order valence-electron chi connectivity index (χ1n) is 7.96. The van der Waals surface area contributed by atoms with Crippen molar-refractivity contribution in [2.24, 2.45) is 10.7 Å². The average molecular weight is 327 g/mol. The summed E-state index contributed by atoms with van der Waals surface area (Å²) in [5.74, 6) is 1.98. The van der Waals surface area contributed by atoms with Gasteiger partial charge in [0.05, 0.1) is 13.2 Å². The van der Waals surface area contributed by atoms with E-state index >= 15 is 0 Å². The van der Waals surface area contributed by atoms with Crippen LogP contribution in [-0.2, 0) is 11.3 Å². The van der Waals surface area contributed by atoms with Crippen LogP contribution < -0.4 is 15.8 Å². The molecule has 5 nitrogen and oxygen atoms in total. The molecule has 0 aliphatic heterocycles. The molecular weight excluding hydrogens is 302 g/mol. The van der Waals surface area contributed by atoms with Gasteiger partial charge in [0, 0.05) is 18.7 Å². The summed E-state index contributed by atoms with van der Waals surface area (Å²) in [5.41, 5.74) is 8.09. The molecule has 0 radical (unpaired) electrons. The van der Waals surface area contributed by atoms with Crippen LogP contribution in [0.5, 0.6) is 11.5 Å². The highest BCUT2D eigenvalue weighted by Gasteiger charge is 2.05. The van der Waals surface area contributed by atoms with Gasteiger partial charge in [0.15, 0.2) is 5.96 Å². The fourth-order valence-corrected chi connectivity index (χ4v) is 2.23. The largest absolute Gasteiger partial charge is 0.457 e. The molecule has 2 aromatic carbocycles. The number of ether oxygens (including phenoxy) is 2. The molecule has 1 unspecified atom stereocenters. The summed E-state index contributed by atoms with van der Waals surface area (Å²) in [6.07, 6.45) is 0. The van der Waals surface area contributed by atoms with E-state index in [4.69, 9.17) is 15.2 Å². The summed E-state index contributed by atoms with van der Waals surface area (Å²) in [5, 5.41) is 3.09. The van der Waals surface area contributed by atoms with Crippen LogP contribution in [0.2, 0.25) is 0 Å². The van der Waals surface area contributed by atoms with Crippen LogP contribution in [0.4, 0.5) is 0 Å². The van der Waals surface area contributed by atoms with E-state index in [-0.39, 0.29) is 6.04 Å². The highest BCUT2D eigenvalue weighted by Crippen LogP contribution is 2.25. The molecule has 0 amide bonds. The minimum absolute atomic E-state index is 0.109. The van der Waals surface area contributed by atoms with Gasteiger partial charge in [-0.3, -0.25) is 0 Å². The molecule has 0 aliphatic rings. The van der Waals surface area contributed by atoms with E-state index in [1.165, 1.54) is 5.56 Å². The summed E-state index contributed by atoms with van der Waals surface area (Å²) < 4.78 is 11.0. The van der Waals surface area contributed by atoms with E-state index in [1.54, 1.807) is 7.11 Å². The number of hydrogen-bond acceptors (Lipinski definition) is 3. The highest BCUT2D eigenvalue weighted by atomic mass is 16.5. The molecule has 1 atom stereocenters. The Labute approximate surface area is 143 Å². The Morgan fingerprint density at radius 1 is 1.17 bits per heavy atom. The Morgan fingerprint density at radius 2 is 1.88 bits per heavy atom. The van der Waals surface area contributed by atoms with Crippen LogP contribution in [0, 0.1) is 6.92 Å². The molecule has 24 heavy (non-hydrogen) atoms. The summed E-state index contributed by atoms with van der Waals surface area (Å²) in [6, 6.07) is 15.9. The number of guanidine groups is 1. The number of nitrogens with one attached hydrogen (secondary N) is 1. The first-order valence-corrected chi connectivity index (χ1v) is 7.96. The molecule has 2 rings (SSSR count). The number of hydrogen-bond donors (Lipinski definition) is 2. The molecule has 0 spiro atoms. The van der Waals surface area contributed by atoms with Crippen LogP contribution >= 0.6 is 0 Å². The zero-order valence-electron chi connectivity index (χ0n) is 14.5. The van der Waals surface area contributed by atoms with Gasteiger partial charge in [-0.1, -0.05) is 35.9 Å². The van der Waals surface area contributed by atoms with Gasteiger partial charge in [0.2, 0.25) is 0 Å². The zero-order chi connectivity index (χ0) is 17.4. The maximum atomic E-state index is 5.97. The number of nitrogens with zero attached hydrogens (tertiary/aromatic N) is 1. The van der Waals surface area contributed by atoms with Gasteiger partial charge in [-0.15, -0.1) is 0 Å². The van der Waals surface area contributed by atoms with Gasteiger partial charge < -0.3 is 20.5 Å². The van der Waals surface area contributed by atoms with Gasteiger partial charge in [0.25, 0.3) is 0 Å². The first kappa shape index (κ1) is 17.8. The van der Waals surface area contributed by atoms with E-state index in [2.05, 4.69) is 10.3 Å². The van der Waals surface area contributed by atoms with Crippen molar-refractivity contribution in [2.75, 3.05) is 13.7 Å². The van der Waals surface area contributed by atoms with E-state index in [0.717, 1.165) is 17.1 Å². The van der Waals surface area contributed by atoms with Crippen LogP contribution in [0.15, 0.2) is 53.5 Å². The smallest absolute Gasteiger partial charge is 0.189 e. The summed E-state index contributed by atoms with van der Waals surface area (Å²) in [6.45, 7) is 5.05.